The van der Waals surface area contributed by atoms with Gasteiger partial charge in [0.05, 0.1) is 28.0 Å². The van der Waals surface area contributed by atoms with Crippen molar-refractivity contribution in [1.82, 2.24) is 9.55 Å². The lowest BCUT2D eigenvalue weighted by molar-refractivity contribution is 1.07. The van der Waals surface area contributed by atoms with Crippen LogP contribution in [0, 0.1) is 18.3 Å². The van der Waals surface area contributed by atoms with Gasteiger partial charge in [0.2, 0.25) is 0 Å². The number of para-hydroxylation sites is 1. The van der Waals surface area contributed by atoms with Gasteiger partial charge in [-0.25, -0.2) is 4.98 Å². The summed E-state index contributed by atoms with van der Waals surface area (Å²) in [5.41, 5.74) is 20.0. The molecule has 57 heavy (non-hydrogen) atoms. The van der Waals surface area contributed by atoms with E-state index < -0.39 is 0 Å². The highest BCUT2D eigenvalue weighted by Crippen LogP contribution is 2.62. The summed E-state index contributed by atoms with van der Waals surface area (Å²) in [6, 6.07) is 65.5. The molecule has 1 unspecified atom stereocenters. The van der Waals surface area contributed by atoms with Crippen LogP contribution in [-0.4, -0.2) is 9.55 Å². The maximum absolute atomic E-state index is 10.9. The van der Waals surface area contributed by atoms with Crippen molar-refractivity contribution in [3.05, 3.63) is 204 Å². The van der Waals surface area contributed by atoms with Gasteiger partial charge >= 0.3 is 0 Å². The van der Waals surface area contributed by atoms with Gasteiger partial charge in [0, 0.05) is 44.5 Å². The van der Waals surface area contributed by atoms with Crippen LogP contribution in [0.5, 0.6) is 0 Å². The zero-order valence-electron chi connectivity index (χ0n) is 31.2. The molecule has 2 aliphatic carbocycles. The third kappa shape index (κ3) is 4.44. The summed E-state index contributed by atoms with van der Waals surface area (Å²) in [6.45, 7) is 2.15. The Balaban J connectivity index is 1.17. The lowest BCUT2D eigenvalue weighted by atomic mass is 9.87. The van der Waals surface area contributed by atoms with Gasteiger partial charge in [-0.1, -0.05) is 146 Å². The Morgan fingerprint density at radius 2 is 1.21 bits per heavy atom. The summed E-state index contributed by atoms with van der Waals surface area (Å²) in [7, 11) is 0. The van der Waals surface area contributed by atoms with Gasteiger partial charge in [-0.2, -0.15) is 5.26 Å². The van der Waals surface area contributed by atoms with Crippen LogP contribution >= 0.6 is 0 Å². The molecule has 0 saturated heterocycles. The van der Waals surface area contributed by atoms with Crippen LogP contribution in [0.3, 0.4) is 0 Å². The second-order valence-electron chi connectivity index (χ2n) is 15.4. The first-order valence-electron chi connectivity index (χ1n) is 19.6. The molecule has 3 heteroatoms. The van der Waals surface area contributed by atoms with Gasteiger partial charge in [-0.15, -0.1) is 0 Å². The highest BCUT2D eigenvalue weighted by molar-refractivity contribution is 6.27. The predicted octanol–water partition coefficient (Wildman–Crippen LogP) is 13.7. The van der Waals surface area contributed by atoms with E-state index in [9.17, 15) is 5.26 Å². The van der Waals surface area contributed by atoms with E-state index in [4.69, 9.17) is 4.98 Å². The van der Waals surface area contributed by atoms with E-state index >= 15 is 0 Å². The molecule has 0 saturated carbocycles. The monoisotopic (exact) mass is 723 g/mol. The fourth-order valence-electron chi connectivity index (χ4n) is 10.1. The topological polar surface area (TPSA) is 41.6 Å². The summed E-state index contributed by atoms with van der Waals surface area (Å²) in [4.78, 5) is 5.29. The minimum absolute atomic E-state index is 0.190. The third-order valence-electron chi connectivity index (χ3n) is 12.3. The molecule has 8 aromatic carbocycles. The molecule has 0 amide bonds. The molecule has 0 N–H and O–H groups in total. The number of hydrogen-bond acceptors (Lipinski definition) is 2. The van der Waals surface area contributed by atoms with Crippen molar-refractivity contribution in [1.29, 1.82) is 5.26 Å². The Morgan fingerprint density at radius 3 is 2.02 bits per heavy atom. The average Bonchev–Trinajstić information content (AvgIpc) is 3.92. The molecule has 2 heterocycles. The van der Waals surface area contributed by atoms with E-state index in [0.717, 1.165) is 44.7 Å². The van der Waals surface area contributed by atoms with Crippen LogP contribution in [0.1, 0.15) is 33.7 Å². The highest BCUT2D eigenvalue weighted by Gasteiger charge is 2.41. The van der Waals surface area contributed by atoms with Crippen molar-refractivity contribution in [2.45, 2.75) is 12.8 Å². The standard InChI is InChI=1S/C54H33N3/c1-32-27-35(53-45(31-55)44(33-15-4-2-5-16-33)30-46(56-53)34-17-6-3-7-18-34)29-36(28-32)57-47-26-13-12-23-42(47)52-51-43-25-14-24-38-37-19-8-9-20-39(37)49(48(38)43)50(51)40-21-10-11-22-41(40)54(52)57/h2-30,49H,1H3. The normalized spacial score (nSPS) is 13.5. The Hall–Kier alpha value is -7.54. The van der Waals surface area contributed by atoms with Crippen LogP contribution in [0.15, 0.2) is 176 Å². The zero-order chi connectivity index (χ0) is 37.8. The van der Waals surface area contributed by atoms with E-state index in [1.807, 2.05) is 36.4 Å². The number of nitriles is 1. The number of hydrogen-bond donors (Lipinski definition) is 0. The summed E-state index contributed by atoms with van der Waals surface area (Å²) < 4.78 is 2.46. The second kappa shape index (κ2) is 12.0. The first-order chi connectivity index (χ1) is 28.2. The summed E-state index contributed by atoms with van der Waals surface area (Å²) in [5.74, 6) is 0.190. The molecule has 12 rings (SSSR count). The van der Waals surface area contributed by atoms with E-state index in [2.05, 4.69) is 157 Å². The van der Waals surface area contributed by atoms with Crippen LogP contribution in [0.2, 0.25) is 0 Å². The molecule has 0 aliphatic heterocycles. The lowest BCUT2D eigenvalue weighted by Gasteiger charge is -2.18. The first kappa shape index (κ1) is 31.8. The van der Waals surface area contributed by atoms with Crippen molar-refractivity contribution in [2.75, 3.05) is 0 Å². The number of benzene rings is 8. The molecule has 2 aromatic heterocycles. The molecule has 264 valence electrons. The van der Waals surface area contributed by atoms with Crippen molar-refractivity contribution in [2.24, 2.45) is 0 Å². The quantitative estimate of drug-likeness (QED) is 0.181. The lowest BCUT2D eigenvalue weighted by Crippen LogP contribution is -2.01. The summed E-state index contributed by atoms with van der Waals surface area (Å²) in [6.07, 6.45) is 0. The number of aryl methyl sites for hydroxylation is 1. The summed E-state index contributed by atoms with van der Waals surface area (Å²) >= 11 is 0. The SMILES string of the molecule is Cc1cc(-c2nc(-c3ccccc3)cc(-c3ccccc3)c2C#N)cc(-n2c3ccccc3c3c4c(c5ccccc5c32)C2c3ccccc3-c3cccc-4c32)c1. The number of rotatable bonds is 4. The van der Waals surface area contributed by atoms with Gasteiger partial charge < -0.3 is 4.57 Å². The number of aromatic nitrogens is 2. The maximum atomic E-state index is 10.9. The molecule has 2 aliphatic rings. The van der Waals surface area contributed by atoms with E-state index in [1.165, 1.54) is 66.0 Å². The van der Waals surface area contributed by atoms with E-state index in [-0.39, 0.29) is 5.92 Å². The molecule has 0 fully saturated rings. The highest BCUT2D eigenvalue weighted by atomic mass is 15.0. The summed E-state index contributed by atoms with van der Waals surface area (Å²) in [5, 5.41) is 15.9. The average molecular weight is 724 g/mol. The van der Waals surface area contributed by atoms with Gasteiger partial charge in [-0.3, -0.25) is 0 Å². The Morgan fingerprint density at radius 1 is 0.544 bits per heavy atom. The van der Waals surface area contributed by atoms with Crippen LogP contribution in [0.4, 0.5) is 0 Å². The molecule has 0 spiro atoms. The minimum Gasteiger partial charge on any atom is -0.309 e. The fourth-order valence-corrected chi connectivity index (χ4v) is 10.1. The maximum Gasteiger partial charge on any atom is 0.102 e. The first-order valence-corrected chi connectivity index (χ1v) is 19.6. The molecule has 3 nitrogen and oxygen atoms in total. The molecule has 0 radical (unpaired) electrons. The molecular formula is C54H33N3. The van der Waals surface area contributed by atoms with Gasteiger partial charge in [0.15, 0.2) is 0 Å². The molecule has 10 aromatic rings. The van der Waals surface area contributed by atoms with Gasteiger partial charge in [0.25, 0.3) is 0 Å². The van der Waals surface area contributed by atoms with E-state index in [1.54, 1.807) is 0 Å². The van der Waals surface area contributed by atoms with Crippen molar-refractivity contribution in [3.63, 3.8) is 0 Å². The Kier molecular flexibility index (Phi) is 6.68. The Bertz CT molecular complexity index is 3370. The van der Waals surface area contributed by atoms with Gasteiger partial charge in [-0.05, 0) is 92.7 Å². The molecule has 1 atom stereocenters. The minimum atomic E-state index is 0.190. The fraction of sp³-hybridized carbons (Fsp3) is 0.0370. The van der Waals surface area contributed by atoms with Crippen LogP contribution in [-0.2, 0) is 0 Å². The van der Waals surface area contributed by atoms with Crippen molar-refractivity contribution >= 4 is 32.6 Å². The van der Waals surface area contributed by atoms with E-state index in [0.29, 0.717) is 11.3 Å². The van der Waals surface area contributed by atoms with Crippen molar-refractivity contribution < 1.29 is 0 Å². The van der Waals surface area contributed by atoms with Crippen molar-refractivity contribution in [3.8, 4) is 67.7 Å². The predicted molar refractivity (Wildman–Crippen MR) is 234 cm³/mol. The smallest absolute Gasteiger partial charge is 0.102 e. The number of nitrogens with zero attached hydrogens (tertiary/aromatic N) is 3. The largest absolute Gasteiger partial charge is 0.309 e. The van der Waals surface area contributed by atoms with Gasteiger partial charge in [0.1, 0.15) is 6.07 Å². The van der Waals surface area contributed by atoms with Crippen LogP contribution in [0.25, 0.3) is 94.2 Å². The third-order valence-corrected chi connectivity index (χ3v) is 12.3. The number of pyridine rings is 1. The molecule has 0 bridgehead atoms. The Labute approximate surface area is 330 Å². The molecular weight excluding hydrogens is 691 g/mol. The number of fused-ring (bicyclic) bond motifs is 13. The second-order valence-corrected chi connectivity index (χ2v) is 15.4. The van der Waals surface area contributed by atoms with Crippen LogP contribution < -0.4 is 0 Å². The zero-order valence-corrected chi connectivity index (χ0v) is 31.2.